The molecule has 0 fully saturated rings. The maximum Gasteiger partial charge on any atom is 0.258 e. The number of hydrogen-bond acceptors (Lipinski definition) is 2. The maximum absolute atomic E-state index is 13.8. The van der Waals surface area contributed by atoms with Crippen LogP contribution in [-0.2, 0) is 0 Å². The van der Waals surface area contributed by atoms with E-state index in [-0.39, 0.29) is 11.3 Å². The molecule has 1 aromatic carbocycles. The minimum atomic E-state index is -0.596. The van der Waals surface area contributed by atoms with E-state index in [2.05, 4.69) is 5.32 Å². The van der Waals surface area contributed by atoms with Crippen LogP contribution in [0.1, 0.15) is 37.0 Å². The van der Waals surface area contributed by atoms with Gasteiger partial charge >= 0.3 is 0 Å². The molecule has 0 aliphatic rings. The van der Waals surface area contributed by atoms with Crippen LogP contribution in [0.3, 0.4) is 0 Å². The van der Waals surface area contributed by atoms with Crippen LogP contribution in [0.4, 0.5) is 4.39 Å². The van der Waals surface area contributed by atoms with Gasteiger partial charge in [0.05, 0.1) is 7.11 Å². The fourth-order valence-electron chi connectivity index (χ4n) is 1.77. The van der Waals surface area contributed by atoms with Crippen LogP contribution in [0.2, 0.25) is 0 Å². The lowest BCUT2D eigenvalue weighted by molar-refractivity contribution is 0.0894. The number of hydrogen-bond donors (Lipinski definition) is 1. The summed E-state index contributed by atoms with van der Waals surface area (Å²) in [7, 11) is 1.41. The average molecular weight is 288 g/mol. The van der Waals surface area contributed by atoms with E-state index in [1.807, 2.05) is 13.8 Å². The number of ether oxygens (including phenoxy) is 1. The number of halogens is 2. The van der Waals surface area contributed by atoms with E-state index in [4.69, 9.17) is 16.3 Å². The topological polar surface area (TPSA) is 38.3 Å². The summed E-state index contributed by atoms with van der Waals surface area (Å²) >= 11 is 5.73. The second-order valence-electron chi connectivity index (χ2n) is 4.62. The van der Waals surface area contributed by atoms with E-state index in [0.717, 1.165) is 0 Å². The van der Waals surface area contributed by atoms with Crippen LogP contribution in [0, 0.1) is 5.82 Å². The van der Waals surface area contributed by atoms with Crippen molar-refractivity contribution in [2.45, 2.75) is 32.2 Å². The summed E-state index contributed by atoms with van der Waals surface area (Å²) in [6.45, 7) is 3.84. The molecule has 1 aromatic rings. The zero-order valence-corrected chi connectivity index (χ0v) is 12.2. The van der Waals surface area contributed by atoms with E-state index in [9.17, 15) is 9.18 Å². The predicted octanol–water partition coefficient (Wildman–Crippen LogP) is 3.36. The Morgan fingerprint density at radius 2 is 2.21 bits per heavy atom. The van der Waals surface area contributed by atoms with E-state index in [1.54, 1.807) is 6.07 Å². The third-order valence-corrected chi connectivity index (χ3v) is 3.45. The number of methoxy groups -OCH3 is 1. The molecule has 1 amide bonds. The van der Waals surface area contributed by atoms with Gasteiger partial charge in [0.1, 0.15) is 17.1 Å². The predicted molar refractivity (Wildman–Crippen MR) is 74.5 cm³/mol. The number of alkyl halides is 1. The molecular formula is C14H19ClFNO2. The van der Waals surface area contributed by atoms with Crippen molar-refractivity contribution in [1.82, 2.24) is 5.32 Å². The van der Waals surface area contributed by atoms with Gasteiger partial charge < -0.3 is 10.1 Å². The Morgan fingerprint density at radius 1 is 1.53 bits per heavy atom. The second-order valence-corrected chi connectivity index (χ2v) is 5.00. The van der Waals surface area contributed by atoms with Crippen LogP contribution >= 0.6 is 11.6 Å². The van der Waals surface area contributed by atoms with Crippen LogP contribution in [0.15, 0.2) is 18.2 Å². The Hall–Kier alpha value is -1.29. The lowest BCUT2D eigenvalue weighted by Gasteiger charge is -2.29. The summed E-state index contributed by atoms with van der Waals surface area (Å²) in [5.74, 6) is -0.425. The molecule has 0 aliphatic heterocycles. The van der Waals surface area contributed by atoms with E-state index >= 15 is 0 Å². The monoisotopic (exact) mass is 287 g/mol. The summed E-state index contributed by atoms with van der Waals surface area (Å²) in [6, 6.07) is 4.30. The Kier molecular flexibility index (Phi) is 5.60. The Morgan fingerprint density at radius 3 is 2.74 bits per heavy atom. The van der Waals surface area contributed by atoms with Crippen LogP contribution in [0.25, 0.3) is 0 Å². The SMILES string of the molecule is CCC(C)(CCCl)NC(=O)c1c(F)cccc1OC. The van der Waals surface area contributed by atoms with E-state index in [1.165, 1.54) is 19.2 Å². The smallest absolute Gasteiger partial charge is 0.258 e. The van der Waals surface area contributed by atoms with Crippen molar-refractivity contribution in [1.29, 1.82) is 0 Å². The lowest BCUT2D eigenvalue weighted by Crippen LogP contribution is -2.46. The van der Waals surface area contributed by atoms with Crippen molar-refractivity contribution < 1.29 is 13.9 Å². The fourth-order valence-corrected chi connectivity index (χ4v) is 2.18. The van der Waals surface area contributed by atoms with Gasteiger partial charge in [-0.2, -0.15) is 0 Å². The summed E-state index contributed by atoms with van der Waals surface area (Å²) in [4.78, 5) is 12.2. The third kappa shape index (κ3) is 3.83. The number of carbonyl (C=O) groups excluding carboxylic acids is 1. The molecule has 0 aromatic heterocycles. The first-order valence-corrected chi connectivity index (χ1v) is 6.72. The lowest BCUT2D eigenvalue weighted by atomic mass is 9.95. The quantitative estimate of drug-likeness (QED) is 0.815. The van der Waals surface area contributed by atoms with Crippen LogP contribution in [0.5, 0.6) is 5.75 Å². The molecule has 5 heteroatoms. The normalized spacial score (nSPS) is 13.7. The van der Waals surface area contributed by atoms with Crippen LogP contribution < -0.4 is 10.1 Å². The first-order valence-electron chi connectivity index (χ1n) is 6.18. The molecular weight excluding hydrogens is 269 g/mol. The molecule has 1 N–H and O–H groups in total. The van der Waals surface area contributed by atoms with Crippen LogP contribution in [-0.4, -0.2) is 24.4 Å². The average Bonchev–Trinajstić information content (AvgIpc) is 2.38. The molecule has 0 heterocycles. The van der Waals surface area contributed by atoms with Crippen molar-refractivity contribution >= 4 is 17.5 Å². The molecule has 0 saturated carbocycles. The second kappa shape index (κ2) is 6.75. The van der Waals surface area contributed by atoms with Gasteiger partial charge in [0.25, 0.3) is 5.91 Å². The molecule has 0 bridgehead atoms. The number of nitrogens with one attached hydrogen (secondary N) is 1. The standard InChI is InChI=1S/C14H19ClFNO2/c1-4-14(2,8-9-15)17-13(18)12-10(16)6-5-7-11(12)19-3/h5-7H,4,8-9H2,1-3H3,(H,17,18). The van der Waals surface area contributed by atoms with Gasteiger partial charge in [-0.1, -0.05) is 13.0 Å². The van der Waals surface area contributed by atoms with Gasteiger partial charge in [0.2, 0.25) is 0 Å². The van der Waals surface area contributed by atoms with Crippen molar-refractivity contribution in [3.63, 3.8) is 0 Å². The highest BCUT2D eigenvalue weighted by atomic mass is 35.5. The van der Waals surface area contributed by atoms with Crippen molar-refractivity contribution in [2.24, 2.45) is 0 Å². The molecule has 19 heavy (non-hydrogen) atoms. The molecule has 1 rings (SSSR count). The minimum Gasteiger partial charge on any atom is -0.496 e. The van der Waals surface area contributed by atoms with Gasteiger partial charge in [-0.05, 0) is 31.9 Å². The molecule has 3 nitrogen and oxygen atoms in total. The first kappa shape index (κ1) is 15.8. The van der Waals surface area contributed by atoms with Gasteiger partial charge in [0, 0.05) is 11.4 Å². The zero-order chi connectivity index (χ0) is 14.5. The fraction of sp³-hybridized carbons (Fsp3) is 0.500. The Balaban J connectivity index is 3.01. The molecule has 0 saturated heterocycles. The highest BCUT2D eigenvalue weighted by molar-refractivity contribution is 6.17. The molecule has 1 unspecified atom stereocenters. The first-order chi connectivity index (χ1) is 8.97. The Bertz CT molecular complexity index is 453. The maximum atomic E-state index is 13.8. The molecule has 0 radical (unpaired) electrons. The molecule has 0 spiro atoms. The highest BCUT2D eigenvalue weighted by Crippen LogP contribution is 2.23. The molecule has 106 valence electrons. The van der Waals surface area contributed by atoms with E-state index in [0.29, 0.717) is 18.7 Å². The summed E-state index contributed by atoms with van der Waals surface area (Å²) < 4.78 is 18.8. The number of amides is 1. The summed E-state index contributed by atoms with van der Waals surface area (Å²) in [6.07, 6.45) is 1.33. The number of benzene rings is 1. The zero-order valence-electron chi connectivity index (χ0n) is 11.4. The number of carbonyl (C=O) groups is 1. The molecule has 0 aliphatic carbocycles. The van der Waals surface area contributed by atoms with Crippen molar-refractivity contribution in [3.8, 4) is 5.75 Å². The largest absolute Gasteiger partial charge is 0.496 e. The van der Waals surface area contributed by atoms with E-state index < -0.39 is 17.3 Å². The van der Waals surface area contributed by atoms with Gasteiger partial charge in [-0.3, -0.25) is 4.79 Å². The molecule has 1 atom stereocenters. The van der Waals surface area contributed by atoms with Gasteiger partial charge in [-0.25, -0.2) is 4.39 Å². The summed E-state index contributed by atoms with van der Waals surface area (Å²) in [5.41, 5.74) is -0.522. The van der Waals surface area contributed by atoms with Crippen molar-refractivity contribution in [2.75, 3.05) is 13.0 Å². The summed E-state index contributed by atoms with van der Waals surface area (Å²) in [5, 5.41) is 2.83. The number of rotatable bonds is 6. The highest BCUT2D eigenvalue weighted by Gasteiger charge is 2.27. The third-order valence-electron chi connectivity index (χ3n) is 3.26. The minimum absolute atomic E-state index is 0.0701. The Labute approximate surface area is 118 Å². The van der Waals surface area contributed by atoms with Crippen molar-refractivity contribution in [3.05, 3.63) is 29.6 Å². The van der Waals surface area contributed by atoms with Gasteiger partial charge in [0.15, 0.2) is 0 Å². The van der Waals surface area contributed by atoms with Gasteiger partial charge in [-0.15, -0.1) is 11.6 Å².